The van der Waals surface area contributed by atoms with Crippen LogP contribution in [0.25, 0.3) is 0 Å². The molecule has 1 aromatic carbocycles. The standard InChI is InChI=1S/C16H23NO2/c1-2-7-14(18)12-17-15(19)16(10-6-11-16)13-8-4-3-5-9-13/h3-5,8-9,14,18H,2,6-7,10-12H2,1H3,(H,17,19). The van der Waals surface area contributed by atoms with Crippen LogP contribution in [0.4, 0.5) is 0 Å². The smallest absolute Gasteiger partial charge is 0.230 e. The SMILES string of the molecule is CCCC(O)CNC(=O)C1(c2ccccc2)CCC1. The summed E-state index contributed by atoms with van der Waals surface area (Å²) < 4.78 is 0. The van der Waals surface area contributed by atoms with E-state index in [9.17, 15) is 9.90 Å². The average molecular weight is 261 g/mol. The molecule has 3 heteroatoms. The highest BCUT2D eigenvalue weighted by Crippen LogP contribution is 2.43. The second kappa shape index (κ2) is 6.20. The molecule has 0 aliphatic heterocycles. The number of nitrogens with one attached hydrogen (secondary N) is 1. The molecule has 0 radical (unpaired) electrons. The van der Waals surface area contributed by atoms with E-state index < -0.39 is 6.10 Å². The maximum absolute atomic E-state index is 12.4. The molecule has 3 nitrogen and oxygen atoms in total. The van der Waals surface area contributed by atoms with Gasteiger partial charge in [-0.2, -0.15) is 0 Å². The maximum atomic E-state index is 12.4. The fourth-order valence-electron chi connectivity index (χ4n) is 2.75. The molecule has 0 heterocycles. The minimum atomic E-state index is -0.429. The number of benzene rings is 1. The lowest BCUT2D eigenvalue weighted by Crippen LogP contribution is -2.50. The van der Waals surface area contributed by atoms with Gasteiger partial charge in [0.05, 0.1) is 11.5 Å². The highest BCUT2D eigenvalue weighted by molar-refractivity contribution is 5.89. The summed E-state index contributed by atoms with van der Waals surface area (Å²) in [5.41, 5.74) is 0.747. The molecule has 0 bridgehead atoms. The number of carbonyl (C=O) groups excluding carboxylic acids is 1. The summed E-state index contributed by atoms with van der Waals surface area (Å²) in [5, 5.41) is 12.6. The first-order chi connectivity index (χ1) is 9.19. The molecule has 1 saturated carbocycles. The molecule has 2 N–H and O–H groups in total. The van der Waals surface area contributed by atoms with E-state index in [0.717, 1.165) is 37.7 Å². The zero-order chi connectivity index (χ0) is 13.7. The van der Waals surface area contributed by atoms with Crippen molar-refractivity contribution < 1.29 is 9.90 Å². The molecule has 1 aliphatic carbocycles. The normalized spacial score (nSPS) is 18.4. The van der Waals surface area contributed by atoms with E-state index in [1.807, 2.05) is 37.3 Å². The molecule has 1 unspecified atom stereocenters. The van der Waals surface area contributed by atoms with Crippen LogP contribution in [0.1, 0.15) is 44.6 Å². The summed E-state index contributed by atoms with van der Waals surface area (Å²) in [4.78, 5) is 12.4. The molecule has 104 valence electrons. The van der Waals surface area contributed by atoms with Crippen LogP contribution >= 0.6 is 0 Å². The zero-order valence-corrected chi connectivity index (χ0v) is 11.6. The van der Waals surface area contributed by atoms with Gasteiger partial charge in [-0.1, -0.05) is 50.1 Å². The minimum absolute atomic E-state index is 0.0695. The van der Waals surface area contributed by atoms with E-state index in [0.29, 0.717) is 6.54 Å². The van der Waals surface area contributed by atoms with E-state index in [1.54, 1.807) is 0 Å². The van der Waals surface area contributed by atoms with Crippen molar-refractivity contribution in [2.24, 2.45) is 0 Å². The van der Waals surface area contributed by atoms with Crippen molar-refractivity contribution in [3.8, 4) is 0 Å². The van der Waals surface area contributed by atoms with Gasteiger partial charge in [-0.25, -0.2) is 0 Å². The first-order valence-electron chi connectivity index (χ1n) is 7.21. The van der Waals surface area contributed by atoms with Gasteiger partial charge in [0, 0.05) is 6.54 Å². The van der Waals surface area contributed by atoms with Crippen molar-refractivity contribution in [2.45, 2.75) is 50.5 Å². The van der Waals surface area contributed by atoms with Crippen LogP contribution in [0.5, 0.6) is 0 Å². The van der Waals surface area contributed by atoms with Gasteiger partial charge < -0.3 is 10.4 Å². The van der Waals surface area contributed by atoms with Crippen molar-refractivity contribution >= 4 is 5.91 Å². The third-order valence-corrected chi connectivity index (χ3v) is 4.09. The number of carbonyl (C=O) groups is 1. The highest BCUT2D eigenvalue weighted by atomic mass is 16.3. The molecule has 0 saturated heterocycles. The van der Waals surface area contributed by atoms with Gasteiger partial charge in [-0.05, 0) is 24.8 Å². The van der Waals surface area contributed by atoms with E-state index >= 15 is 0 Å². The molecule has 1 aliphatic rings. The van der Waals surface area contributed by atoms with Gasteiger partial charge in [-0.3, -0.25) is 4.79 Å². The van der Waals surface area contributed by atoms with E-state index in [4.69, 9.17) is 0 Å². The largest absolute Gasteiger partial charge is 0.391 e. The minimum Gasteiger partial charge on any atom is -0.391 e. The van der Waals surface area contributed by atoms with E-state index in [-0.39, 0.29) is 11.3 Å². The Morgan fingerprint density at radius 3 is 2.58 bits per heavy atom. The Balaban J connectivity index is 2.00. The Morgan fingerprint density at radius 1 is 1.37 bits per heavy atom. The molecule has 1 aromatic rings. The molecule has 0 aromatic heterocycles. The molecule has 1 atom stereocenters. The third kappa shape index (κ3) is 2.98. The number of amides is 1. The quantitative estimate of drug-likeness (QED) is 0.826. The summed E-state index contributed by atoms with van der Waals surface area (Å²) in [6, 6.07) is 9.99. The number of hydrogen-bond donors (Lipinski definition) is 2. The first kappa shape index (κ1) is 14.1. The van der Waals surface area contributed by atoms with Crippen molar-refractivity contribution in [3.63, 3.8) is 0 Å². The number of rotatable bonds is 6. The van der Waals surface area contributed by atoms with Crippen LogP contribution < -0.4 is 5.32 Å². The van der Waals surface area contributed by atoms with Crippen LogP contribution in [-0.4, -0.2) is 23.7 Å². The lowest BCUT2D eigenvalue weighted by Gasteiger charge is -2.40. The molecule has 19 heavy (non-hydrogen) atoms. The Hall–Kier alpha value is -1.35. The van der Waals surface area contributed by atoms with Crippen molar-refractivity contribution in [1.29, 1.82) is 0 Å². The van der Waals surface area contributed by atoms with Crippen molar-refractivity contribution in [3.05, 3.63) is 35.9 Å². The van der Waals surface area contributed by atoms with Crippen LogP contribution in [0.2, 0.25) is 0 Å². The lowest BCUT2D eigenvalue weighted by atomic mass is 9.64. The van der Waals surface area contributed by atoms with Crippen LogP contribution in [0, 0.1) is 0 Å². The summed E-state index contributed by atoms with van der Waals surface area (Å²) in [5.74, 6) is 0.0695. The summed E-state index contributed by atoms with van der Waals surface area (Å²) in [6.07, 6.45) is 4.15. The average Bonchev–Trinajstić information content (AvgIpc) is 2.37. The molecule has 2 rings (SSSR count). The second-order valence-corrected chi connectivity index (χ2v) is 5.45. The number of hydrogen-bond acceptors (Lipinski definition) is 2. The van der Waals surface area contributed by atoms with E-state index in [1.165, 1.54) is 0 Å². The zero-order valence-electron chi connectivity index (χ0n) is 11.6. The van der Waals surface area contributed by atoms with Gasteiger partial charge in [0.2, 0.25) is 5.91 Å². The monoisotopic (exact) mass is 261 g/mol. The van der Waals surface area contributed by atoms with E-state index in [2.05, 4.69) is 5.32 Å². The fourth-order valence-corrected chi connectivity index (χ4v) is 2.75. The second-order valence-electron chi connectivity index (χ2n) is 5.45. The number of aliphatic hydroxyl groups excluding tert-OH is 1. The molecule has 0 spiro atoms. The van der Waals surface area contributed by atoms with Crippen LogP contribution in [-0.2, 0) is 10.2 Å². The predicted octanol–water partition coefficient (Wildman–Crippen LogP) is 2.39. The Morgan fingerprint density at radius 2 is 2.05 bits per heavy atom. The van der Waals surface area contributed by atoms with Crippen LogP contribution in [0.3, 0.4) is 0 Å². The van der Waals surface area contributed by atoms with Crippen molar-refractivity contribution in [1.82, 2.24) is 5.32 Å². The summed E-state index contributed by atoms with van der Waals surface area (Å²) in [7, 11) is 0. The van der Waals surface area contributed by atoms with Gasteiger partial charge in [0.1, 0.15) is 0 Å². The fraction of sp³-hybridized carbons (Fsp3) is 0.562. The van der Waals surface area contributed by atoms with Gasteiger partial charge in [0.25, 0.3) is 0 Å². The molecular formula is C16H23NO2. The Kier molecular flexibility index (Phi) is 4.59. The molecular weight excluding hydrogens is 238 g/mol. The van der Waals surface area contributed by atoms with Gasteiger partial charge in [0.15, 0.2) is 0 Å². The lowest BCUT2D eigenvalue weighted by molar-refractivity contribution is -0.130. The molecule has 1 fully saturated rings. The highest BCUT2D eigenvalue weighted by Gasteiger charge is 2.45. The predicted molar refractivity (Wildman–Crippen MR) is 75.9 cm³/mol. The first-order valence-corrected chi connectivity index (χ1v) is 7.21. The summed E-state index contributed by atoms with van der Waals surface area (Å²) in [6.45, 7) is 2.39. The number of aliphatic hydroxyl groups is 1. The van der Waals surface area contributed by atoms with Gasteiger partial charge in [-0.15, -0.1) is 0 Å². The Labute approximate surface area is 115 Å². The van der Waals surface area contributed by atoms with Crippen molar-refractivity contribution in [2.75, 3.05) is 6.54 Å². The molecule has 1 amide bonds. The maximum Gasteiger partial charge on any atom is 0.230 e. The summed E-state index contributed by atoms with van der Waals surface area (Å²) >= 11 is 0. The Bertz CT molecular complexity index is 412. The van der Waals surface area contributed by atoms with Crippen LogP contribution in [0.15, 0.2) is 30.3 Å². The topological polar surface area (TPSA) is 49.3 Å². The third-order valence-electron chi connectivity index (χ3n) is 4.09. The van der Waals surface area contributed by atoms with Gasteiger partial charge >= 0.3 is 0 Å².